The largest absolute Gasteiger partial charge is 0.508 e. The second-order valence-electron chi connectivity index (χ2n) is 1.84. The number of phenols is 1. The van der Waals surface area contributed by atoms with Crippen LogP contribution in [0.5, 0.6) is 5.75 Å². The molecule has 0 aliphatic heterocycles. The Balaban J connectivity index is 0.000000640. The summed E-state index contributed by atoms with van der Waals surface area (Å²) in [6, 6.07) is 7.09. The maximum absolute atomic E-state index is 8.76. The van der Waals surface area contributed by atoms with Gasteiger partial charge in [0.2, 0.25) is 0 Å². The predicted molar refractivity (Wildman–Crippen MR) is 43.2 cm³/mol. The van der Waals surface area contributed by atoms with Crippen molar-refractivity contribution in [3.63, 3.8) is 0 Å². The van der Waals surface area contributed by atoms with Crippen LogP contribution in [0.1, 0.15) is 5.56 Å². The highest BCUT2D eigenvalue weighted by Gasteiger charge is 1.82. The molecule has 9 heavy (non-hydrogen) atoms. The van der Waals surface area contributed by atoms with Crippen molar-refractivity contribution >= 4 is 13.5 Å². The van der Waals surface area contributed by atoms with Gasteiger partial charge in [0.05, 0.1) is 0 Å². The molecule has 0 amide bonds. The molecule has 0 spiro atoms. The van der Waals surface area contributed by atoms with Crippen LogP contribution in [-0.2, 0) is 0 Å². The van der Waals surface area contributed by atoms with Crippen molar-refractivity contribution in [1.29, 1.82) is 0 Å². The molecule has 1 aromatic carbocycles. The summed E-state index contributed by atoms with van der Waals surface area (Å²) in [6.07, 6.45) is 0. The van der Waals surface area contributed by atoms with E-state index in [1.807, 2.05) is 19.1 Å². The number of aromatic hydroxyl groups is 1. The van der Waals surface area contributed by atoms with E-state index in [2.05, 4.69) is 0 Å². The second-order valence-corrected chi connectivity index (χ2v) is 1.84. The average molecular weight is 142 g/mol. The molecule has 1 aromatic rings. The molecule has 2 heteroatoms. The lowest BCUT2D eigenvalue weighted by Crippen LogP contribution is -1.66. The van der Waals surface area contributed by atoms with Gasteiger partial charge in [-0.15, -0.1) is 0 Å². The zero-order chi connectivity index (χ0) is 5.98. The van der Waals surface area contributed by atoms with E-state index in [4.69, 9.17) is 5.11 Å². The predicted octanol–water partition coefficient (Wildman–Crippen LogP) is 1.81. The molecule has 0 aromatic heterocycles. The molecule has 1 rings (SSSR count). The van der Waals surface area contributed by atoms with Crippen LogP contribution >= 0.6 is 13.5 Å². The van der Waals surface area contributed by atoms with Crippen LogP contribution in [0.25, 0.3) is 0 Å². The van der Waals surface area contributed by atoms with Crippen molar-refractivity contribution in [3.8, 4) is 5.75 Å². The summed E-state index contributed by atoms with van der Waals surface area (Å²) in [5, 5.41) is 8.76. The molecular formula is C7H10OS. The van der Waals surface area contributed by atoms with Crippen molar-refractivity contribution < 1.29 is 5.11 Å². The van der Waals surface area contributed by atoms with Crippen LogP contribution in [0.15, 0.2) is 24.3 Å². The summed E-state index contributed by atoms with van der Waals surface area (Å²) in [5.41, 5.74) is 1.17. The molecule has 0 aliphatic rings. The van der Waals surface area contributed by atoms with Gasteiger partial charge < -0.3 is 5.11 Å². The van der Waals surface area contributed by atoms with Gasteiger partial charge in [0.15, 0.2) is 0 Å². The number of aryl methyl sites for hydroxylation is 1. The maximum Gasteiger partial charge on any atom is 0.115 e. The molecule has 0 saturated carbocycles. The highest BCUT2D eigenvalue weighted by Crippen LogP contribution is 2.07. The first-order valence-electron chi connectivity index (χ1n) is 2.54. The summed E-state index contributed by atoms with van der Waals surface area (Å²) >= 11 is 0. The third-order valence-corrected chi connectivity index (χ3v) is 1.03. The molecule has 0 unspecified atom stereocenters. The number of rotatable bonds is 0. The fraction of sp³-hybridized carbons (Fsp3) is 0.143. The molecular weight excluding hydrogens is 132 g/mol. The van der Waals surface area contributed by atoms with E-state index in [-0.39, 0.29) is 13.5 Å². The lowest BCUT2D eigenvalue weighted by Gasteiger charge is -1.89. The SMILES string of the molecule is Cc1ccc(O)cc1.S. The van der Waals surface area contributed by atoms with E-state index in [0.29, 0.717) is 5.75 Å². The highest BCUT2D eigenvalue weighted by molar-refractivity contribution is 7.59. The molecule has 0 heterocycles. The lowest BCUT2D eigenvalue weighted by atomic mass is 10.2. The van der Waals surface area contributed by atoms with Crippen molar-refractivity contribution in [2.75, 3.05) is 0 Å². The van der Waals surface area contributed by atoms with Crippen molar-refractivity contribution in [1.82, 2.24) is 0 Å². The Hall–Kier alpha value is -0.630. The Morgan fingerprint density at radius 3 is 1.89 bits per heavy atom. The monoisotopic (exact) mass is 142 g/mol. The summed E-state index contributed by atoms with van der Waals surface area (Å²) in [7, 11) is 0. The Labute approximate surface area is 61.8 Å². The summed E-state index contributed by atoms with van der Waals surface area (Å²) in [5.74, 6) is 0.329. The maximum atomic E-state index is 8.76. The molecule has 0 radical (unpaired) electrons. The summed E-state index contributed by atoms with van der Waals surface area (Å²) in [4.78, 5) is 0. The van der Waals surface area contributed by atoms with Gasteiger partial charge in [0, 0.05) is 0 Å². The van der Waals surface area contributed by atoms with Gasteiger partial charge in [-0.3, -0.25) is 0 Å². The molecule has 0 saturated heterocycles. The van der Waals surface area contributed by atoms with Gasteiger partial charge in [-0.25, -0.2) is 0 Å². The fourth-order valence-corrected chi connectivity index (χ4v) is 0.545. The number of hydrogen-bond acceptors (Lipinski definition) is 1. The van der Waals surface area contributed by atoms with Crippen molar-refractivity contribution in [2.24, 2.45) is 0 Å². The molecule has 0 fully saturated rings. The third-order valence-electron chi connectivity index (χ3n) is 1.03. The zero-order valence-corrected chi connectivity index (χ0v) is 6.26. The molecule has 50 valence electrons. The number of phenolic OH excluding ortho intramolecular Hbond substituents is 1. The van der Waals surface area contributed by atoms with Crippen LogP contribution in [0, 0.1) is 6.92 Å². The molecule has 0 aliphatic carbocycles. The van der Waals surface area contributed by atoms with Crippen LogP contribution in [-0.4, -0.2) is 5.11 Å². The molecule has 1 nitrogen and oxygen atoms in total. The quantitative estimate of drug-likeness (QED) is 0.585. The first-order chi connectivity index (χ1) is 3.79. The van der Waals surface area contributed by atoms with E-state index in [0.717, 1.165) is 0 Å². The molecule has 0 atom stereocenters. The second kappa shape index (κ2) is 3.41. The number of hydrogen-bond donors (Lipinski definition) is 1. The van der Waals surface area contributed by atoms with Crippen LogP contribution < -0.4 is 0 Å². The minimum Gasteiger partial charge on any atom is -0.508 e. The third kappa shape index (κ3) is 2.42. The van der Waals surface area contributed by atoms with Gasteiger partial charge >= 0.3 is 0 Å². The Morgan fingerprint density at radius 2 is 1.56 bits per heavy atom. The average Bonchev–Trinajstić information content (AvgIpc) is 1.77. The van der Waals surface area contributed by atoms with Gasteiger partial charge in [0.25, 0.3) is 0 Å². The molecule has 0 bridgehead atoms. The van der Waals surface area contributed by atoms with Gasteiger partial charge in [-0.1, -0.05) is 17.7 Å². The Morgan fingerprint density at radius 1 is 1.11 bits per heavy atom. The van der Waals surface area contributed by atoms with E-state index in [9.17, 15) is 0 Å². The summed E-state index contributed by atoms with van der Waals surface area (Å²) < 4.78 is 0. The summed E-state index contributed by atoms with van der Waals surface area (Å²) in [6.45, 7) is 1.99. The minimum atomic E-state index is 0. The van der Waals surface area contributed by atoms with Crippen molar-refractivity contribution in [2.45, 2.75) is 6.92 Å². The van der Waals surface area contributed by atoms with Gasteiger partial charge in [-0.05, 0) is 19.1 Å². The van der Waals surface area contributed by atoms with Gasteiger partial charge in [0.1, 0.15) is 5.75 Å². The Kier molecular flexibility index (Phi) is 3.17. The van der Waals surface area contributed by atoms with E-state index in [1.54, 1.807) is 12.1 Å². The standard InChI is InChI=1S/C7H8O.H2S/c1-6-2-4-7(8)5-3-6;/h2-5,8H,1H3;1H2. The zero-order valence-electron chi connectivity index (χ0n) is 5.26. The minimum absolute atomic E-state index is 0. The first kappa shape index (κ1) is 8.37. The van der Waals surface area contributed by atoms with E-state index < -0.39 is 0 Å². The van der Waals surface area contributed by atoms with Crippen molar-refractivity contribution in [3.05, 3.63) is 29.8 Å². The highest BCUT2D eigenvalue weighted by atomic mass is 32.1. The Bertz CT molecular complexity index is 148. The van der Waals surface area contributed by atoms with E-state index in [1.165, 1.54) is 5.56 Å². The van der Waals surface area contributed by atoms with E-state index >= 15 is 0 Å². The topological polar surface area (TPSA) is 20.2 Å². The van der Waals surface area contributed by atoms with Crippen LogP contribution in [0.3, 0.4) is 0 Å². The van der Waals surface area contributed by atoms with Gasteiger partial charge in [-0.2, -0.15) is 13.5 Å². The normalized spacial score (nSPS) is 8.11. The molecule has 1 N–H and O–H groups in total. The smallest absolute Gasteiger partial charge is 0.115 e. The lowest BCUT2D eigenvalue weighted by molar-refractivity contribution is 0.475. The fourth-order valence-electron chi connectivity index (χ4n) is 0.545. The number of benzene rings is 1. The first-order valence-corrected chi connectivity index (χ1v) is 2.54. The van der Waals surface area contributed by atoms with Crippen LogP contribution in [0.2, 0.25) is 0 Å². The van der Waals surface area contributed by atoms with Crippen LogP contribution in [0.4, 0.5) is 0 Å².